The van der Waals surface area contributed by atoms with Crippen molar-refractivity contribution in [2.24, 2.45) is 5.92 Å². The van der Waals surface area contributed by atoms with E-state index < -0.39 is 0 Å². The van der Waals surface area contributed by atoms with Crippen molar-refractivity contribution in [1.29, 1.82) is 0 Å². The smallest absolute Gasteiger partial charge is 0.223 e. The molecule has 1 N–H and O–H groups in total. The number of carbonyl (C=O) groups excluding carboxylic acids is 1. The molecule has 31 heavy (non-hydrogen) atoms. The van der Waals surface area contributed by atoms with Gasteiger partial charge in [-0.2, -0.15) is 0 Å². The molecule has 166 valence electrons. The van der Waals surface area contributed by atoms with Crippen LogP contribution in [-0.4, -0.2) is 62.0 Å². The molecule has 4 rings (SSSR count). The molecule has 0 saturated carbocycles. The van der Waals surface area contributed by atoms with E-state index in [1.54, 1.807) is 0 Å². The summed E-state index contributed by atoms with van der Waals surface area (Å²) in [5.41, 5.74) is 3.51. The first-order valence-electron chi connectivity index (χ1n) is 11.3. The van der Waals surface area contributed by atoms with Gasteiger partial charge in [0.05, 0.1) is 0 Å². The van der Waals surface area contributed by atoms with Crippen molar-refractivity contribution in [3.63, 3.8) is 0 Å². The van der Waals surface area contributed by atoms with Gasteiger partial charge in [-0.1, -0.05) is 24.3 Å². The van der Waals surface area contributed by atoms with Crippen LogP contribution < -0.4 is 10.2 Å². The van der Waals surface area contributed by atoms with Gasteiger partial charge in [0.1, 0.15) is 5.82 Å². The summed E-state index contributed by atoms with van der Waals surface area (Å²) < 4.78 is 13.1. The van der Waals surface area contributed by atoms with Gasteiger partial charge < -0.3 is 15.1 Å². The standard InChI is InChI=1S/C25H33FN4O/c1-28-14-16-30(17-15-28)24-8-4-20(5-9-24)18-27-25(31)22-10-12-29(13-11-22)19-21-2-6-23(26)7-3-21/h2-9,22H,10-19H2,1H3,(H,27,31). The number of hydrogen-bond donors (Lipinski definition) is 1. The minimum absolute atomic E-state index is 0.0779. The highest BCUT2D eigenvalue weighted by molar-refractivity contribution is 5.78. The first-order chi connectivity index (χ1) is 15.1. The van der Waals surface area contributed by atoms with Crippen LogP contribution >= 0.6 is 0 Å². The fourth-order valence-corrected chi connectivity index (χ4v) is 4.42. The zero-order valence-electron chi connectivity index (χ0n) is 18.4. The molecule has 0 atom stereocenters. The van der Waals surface area contributed by atoms with E-state index in [0.717, 1.165) is 69.8 Å². The van der Waals surface area contributed by atoms with Crippen LogP contribution in [0.2, 0.25) is 0 Å². The van der Waals surface area contributed by atoms with E-state index in [-0.39, 0.29) is 17.6 Å². The molecule has 0 radical (unpaired) electrons. The first-order valence-corrected chi connectivity index (χ1v) is 11.3. The number of hydrogen-bond acceptors (Lipinski definition) is 4. The Morgan fingerprint density at radius 1 is 0.903 bits per heavy atom. The topological polar surface area (TPSA) is 38.8 Å². The lowest BCUT2D eigenvalue weighted by atomic mass is 9.95. The number of benzene rings is 2. The normalized spacial score (nSPS) is 18.8. The Morgan fingerprint density at radius 2 is 1.52 bits per heavy atom. The van der Waals surface area contributed by atoms with E-state index in [2.05, 4.69) is 51.3 Å². The Kier molecular flexibility index (Phi) is 7.20. The lowest BCUT2D eigenvalue weighted by molar-refractivity contribution is -0.126. The minimum Gasteiger partial charge on any atom is -0.369 e. The number of amides is 1. The number of likely N-dealkylation sites (tertiary alicyclic amines) is 1. The molecular formula is C25H33FN4O. The zero-order valence-corrected chi connectivity index (χ0v) is 18.4. The minimum atomic E-state index is -0.201. The van der Waals surface area contributed by atoms with Gasteiger partial charge in [0.15, 0.2) is 0 Å². The largest absolute Gasteiger partial charge is 0.369 e. The quantitative estimate of drug-likeness (QED) is 0.774. The van der Waals surface area contributed by atoms with E-state index >= 15 is 0 Å². The molecular weight excluding hydrogens is 391 g/mol. The Bertz CT molecular complexity index is 839. The van der Waals surface area contributed by atoms with E-state index in [0.29, 0.717) is 6.54 Å². The summed E-state index contributed by atoms with van der Waals surface area (Å²) in [6.07, 6.45) is 1.74. The second kappa shape index (κ2) is 10.2. The molecule has 2 aliphatic rings. The molecule has 2 aromatic carbocycles. The second-order valence-electron chi connectivity index (χ2n) is 8.85. The maximum atomic E-state index is 13.1. The van der Waals surface area contributed by atoms with Crippen molar-refractivity contribution in [3.05, 3.63) is 65.5 Å². The number of rotatable bonds is 6. The summed E-state index contributed by atoms with van der Waals surface area (Å²) in [6.45, 7) is 7.51. The zero-order chi connectivity index (χ0) is 21.6. The van der Waals surface area contributed by atoms with Crippen LogP contribution in [0.1, 0.15) is 24.0 Å². The number of anilines is 1. The predicted octanol–water partition coefficient (Wildman–Crippen LogP) is 3.11. The molecule has 2 aromatic rings. The number of nitrogens with zero attached hydrogens (tertiary/aromatic N) is 3. The Labute approximate surface area is 184 Å². The highest BCUT2D eigenvalue weighted by Gasteiger charge is 2.24. The predicted molar refractivity (Wildman–Crippen MR) is 122 cm³/mol. The average Bonchev–Trinajstić information content (AvgIpc) is 2.80. The maximum Gasteiger partial charge on any atom is 0.223 e. The van der Waals surface area contributed by atoms with Crippen molar-refractivity contribution in [2.45, 2.75) is 25.9 Å². The van der Waals surface area contributed by atoms with Crippen LogP contribution in [0.3, 0.4) is 0 Å². The third-order valence-electron chi connectivity index (χ3n) is 6.55. The van der Waals surface area contributed by atoms with Crippen LogP contribution in [0.4, 0.5) is 10.1 Å². The van der Waals surface area contributed by atoms with Crippen LogP contribution in [0.25, 0.3) is 0 Å². The van der Waals surface area contributed by atoms with Crippen molar-refractivity contribution in [2.75, 3.05) is 51.2 Å². The summed E-state index contributed by atoms with van der Waals surface area (Å²) >= 11 is 0. The fourth-order valence-electron chi connectivity index (χ4n) is 4.42. The van der Waals surface area contributed by atoms with Crippen molar-refractivity contribution < 1.29 is 9.18 Å². The third-order valence-corrected chi connectivity index (χ3v) is 6.55. The second-order valence-corrected chi connectivity index (χ2v) is 8.85. The van der Waals surface area contributed by atoms with Gasteiger partial charge in [-0.3, -0.25) is 9.69 Å². The number of piperazine rings is 1. The molecule has 2 aliphatic heterocycles. The molecule has 0 bridgehead atoms. The fraction of sp³-hybridized carbons (Fsp3) is 0.480. The van der Waals surface area contributed by atoms with Crippen molar-refractivity contribution >= 4 is 11.6 Å². The number of halogens is 1. The van der Waals surface area contributed by atoms with Gasteiger partial charge in [-0.05, 0) is 68.4 Å². The van der Waals surface area contributed by atoms with Gasteiger partial charge in [-0.15, -0.1) is 0 Å². The summed E-state index contributed by atoms with van der Waals surface area (Å²) in [5, 5.41) is 3.12. The summed E-state index contributed by atoms with van der Waals surface area (Å²) in [6, 6.07) is 15.3. The molecule has 5 nitrogen and oxygen atoms in total. The van der Waals surface area contributed by atoms with Gasteiger partial charge in [0, 0.05) is 50.9 Å². The summed E-state index contributed by atoms with van der Waals surface area (Å²) in [4.78, 5) is 19.7. The van der Waals surface area contributed by atoms with Crippen LogP contribution in [-0.2, 0) is 17.9 Å². The van der Waals surface area contributed by atoms with Gasteiger partial charge >= 0.3 is 0 Å². The van der Waals surface area contributed by atoms with Gasteiger partial charge in [0.25, 0.3) is 0 Å². The van der Waals surface area contributed by atoms with E-state index in [1.807, 2.05) is 12.1 Å². The lowest BCUT2D eigenvalue weighted by Crippen LogP contribution is -2.44. The molecule has 1 amide bonds. The van der Waals surface area contributed by atoms with E-state index in [9.17, 15) is 9.18 Å². The van der Waals surface area contributed by atoms with E-state index in [1.165, 1.54) is 17.8 Å². The monoisotopic (exact) mass is 424 g/mol. The average molecular weight is 425 g/mol. The SMILES string of the molecule is CN1CCN(c2ccc(CNC(=O)C3CCN(Cc4ccc(F)cc4)CC3)cc2)CC1. The Morgan fingerprint density at radius 3 is 2.16 bits per heavy atom. The lowest BCUT2D eigenvalue weighted by Gasteiger charge is -2.34. The molecule has 0 spiro atoms. The Balaban J connectivity index is 1.19. The van der Waals surface area contributed by atoms with Crippen molar-refractivity contribution in [3.8, 4) is 0 Å². The summed E-state index contributed by atoms with van der Waals surface area (Å²) in [7, 11) is 2.17. The molecule has 2 fully saturated rings. The van der Waals surface area contributed by atoms with Crippen LogP contribution in [0.5, 0.6) is 0 Å². The molecule has 2 heterocycles. The molecule has 0 aliphatic carbocycles. The molecule has 2 saturated heterocycles. The van der Waals surface area contributed by atoms with Crippen LogP contribution in [0.15, 0.2) is 48.5 Å². The molecule has 6 heteroatoms. The highest BCUT2D eigenvalue weighted by atomic mass is 19.1. The number of carbonyl (C=O) groups is 1. The summed E-state index contributed by atoms with van der Waals surface area (Å²) in [5.74, 6) is 0.0340. The van der Waals surface area contributed by atoms with Gasteiger partial charge in [-0.25, -0.2) is 4.39 Å². The molecule has 0 unspecified atom stereocenters. The van der Waals surface area contributed by atoms with Crippen molar-refractivity contribution in [1.82, 2.24) is 15.1 Å². The Hall–Kier alpha value is -2.44. The van der Waals surface area contributed by atoms with E-state index in [4.69, 9.17) is 0 Å². The third kappa shape index (κ3) is 6.05. The number of nitrogens with one attached hydrogen (secondary N) is 1. The molecule has 0 aromatic heterocycles. The van der Waals surface area contributed by atoms with Crippen LogP contribution in [0, 0.1) is 11.7 Å². The maximum absolute atomic E-state index is 13.1. The first kappa shape index (κ1) is 21.8. The highest BCUT2D eigenvalue weighted by Crippen LogP contribution is 2.20. The number of piperidine rings is 1. The number of likely N-dealkylation sites (N-methyl/N-ethyl adjacent to an activating group) is 1. The van der Waals surface area contributed by atoms with Gasteiger partial charge in [0.2, 0.25) is 5.91 Å².